The summed E-state index contributed by atoms with van der Waals surface area (Å²) in [5.41, 5.74) is 0. The van der Waals surface area contributed by atoms with Gasteiger partial charge in [-0.1, -0.05) is 25.7 Å². The molecule has 0 radical (unpaired) electrons. The smallest absolute Gasteiger partial charge is 0.00950 e. The van der Waals surface area contributed by atoms with Crippen molar-refractivity contribution in [3.05, 3.63) is 0 Å². The predicted molar refractivity (Wildman–Crippen MR) is 74.4 cm³/mol. The van der Waals surface area contributed by atoms with E-state index in [-0.39, 0.29) is 0 Å². The molecule has 17 heavy (non-hydrogen) atoms. The van der Waals surface area contributed by atoms with E-state index in [0.717, 1.165) is 18.1 Å². The van der Waals surface area contributed by atoms with Gasteiger partial charge in [-0.15, -0.1) is 0 Å². The number of rotatable bonds is 6. The Kier molecular flexibility index (Phi) is 5.30. The summed E-state index contributed by atoms with van der Waals surface area (Å²) in [5, 5.41) is 3.63. The largest absolute Gasteiger partial charge is 0.314 e. The molecule has 2 fully saturated rings. The molecule has 1 atom stereocenters. The Labute approximate surface area is 107 Å². The van der Waals surface area contributed by atoms with Gasteiger partial charge in [0.2, 0.25) is 0 Å². The topological polar surface area (TPSA) is 15.3 Å². The molecule has 0 saturated heterocycles. The van der Waals surface area contributed by atoms with E-state index in [4.69, 9.17) is 0 Å². The van der Waals surface area contributed by atoms with Crippen molar-refractivity contribution in [2.45, 2.75) is 82.8 Å². The Balaban J connectivity index is 1.66. The van der Waals surface area contributed by atoms with Gasteiger partial charge in [0.25, 0.3) is 0 Å². The Bertz CT molecular complexity index is 205. The highest BCUT2D eigenvalue weighted by Gasteiger charge is 2.23. The van der Waals surface area contributed by atoms with Crippen molar-refractivity contribution in [3.63, 3.8) is 0 Å². The van der Waals surface area contributed by atoms with E-state index in [1.54, 1.807) is 0 Å². The second kappa shape index (κ2) is 6.75. The zero-order valence-corrected chi connectivity index (χ0v) is 11.8. The SMILES string of the molecule is CC(CCNC1CC1)N(C)C1CCCCCC1. The van der Waals surface area contributed by atoms with Crippen LogP contribution in [0, 0.1) is 0 Å². The van der Waals surface area contributed by atoms with Crippen LogP contribution in [0.25, 0.3) is 0 Å². The maximum atomic E-state index is 3.63. The van der Waals surface area contributed by atoms with Crippen LogP contribution in [0.15, 0.2) is 0 Å². The third kappa shape index (κ3) is 4.59. The van der Waals surface area contributed by atoms with Gasteiger partial charge in [-0.25, -0.2) is 0 Å². The standard InChI is InChI=1S/C15H30N2/c1-13(11-12-16-14-9-10-14)17(2)15-7-5-3-4-6-8-15/h13-16H,3-12H2,1-2H3. The van der Waals surface area contributed by atoms with Gasteiger partial charge < -0.3 is 10.2 Å². The normalized spacial score (nSPS) is 24.9. The van der Waals surface area contributed by atoms with Crippen LogP contribution < -0.4 is 5.32 Å². The van der Waals surface area contributed by atoms with Gasteiger partial charge in [-0.2, -0.15) is 0 Å². The van der Waals surface area contributed by atoms with Crippen LogP contribution in [-0.2, 0) is 0 Å². The second-order valence-corrected chi connectivity index (χ2v) is 6.18. The molecule has 0 aromatic rings. The van der Waals surface area contributed by atoms with Gasteiger partial charge in [0.05, 0.1) is 0 Å². The van der Waals surface area contributed by atoms with E-state index in [9.17, 15) is 0 Å². The van der Waals surface area contributed by atoms with Gasteiger partial charge in [0.1, 0.15) is 0 Å². The minimum atomic E-state index is 0.740. The van der Waals surface area contributed by atoms with Crippen molar-refractivity contribution in [2.75, 3.05) is 13.6 Å². The van der Waals surface area contributed by atoms with Crippen molar-refractivity contribution in [1.82, 2.24) is 10.2 Å². The summed E-state index contributed by atoms with van der Waals surface area (Å²) in [7, 11) is 2.35. The Hall–Kier alpha value is -0.0800. The van der Waals surface area contributed by atoms with Crippen molar-refractivity contribution in [2.24, 2.45) is 0 Å². The fourth-order valence-corrected chi connectivity index (χ4v) is 3.01. The molecule has 0 aliphatic heterocycles. The van der Waals surface area contributed by atoms with Gasteiger partial charge >= 0.3 is 0 Å². The maximum absolute atomic E-state index is 3.63. The molecular weight excluding hydrogens is 208 g/mol. The molecule has 2 heteroatoms. The molecule has 0 aromatic heterocycles. The first kappa shape index (κ1) is 13.4. The van der Waals surface area contributed by atoms with Crippen LogP contribution in [0.1, 0.15) is 64.7 Å². The Morgan fingerprint density at radius 2 is 1.71 bits per heavy atom. The average molecular weight is 238 g/mol. The van der Waals surface area contributed by atoms with E-state index in [0.29, 0.717) is 0 Å². The van der Waals surface area contributed by atoms with Crippen LogP contribution in [0.4, 0.5) is 0 Å². The molecule has 0 bridgehead atoms. The molecule has 2 saturated carbocycles. The lowest BCUT2D eigenvalue weighted by atomic mass is 10.0. The van der Waals surface area contributed by atoms with Gasteiger partial charge in [0, 0.05) is 18.1 Å². The first-order chi connectivity index (χ1) is 8.27. The molecule has 100 valence electrons. The summed E-state index contributed by atoms with van der Waals surface area (Å²) in [6.07, 6.45) is 12.8. The zero-order chi connectivity index (χ0) is 12.1. The zero-order valence-electron chi connectivity index (χ0n) is 11.8. The summed E-state index contributed by atoms with van der Waals surface area (Å²) >= 11 is 0. The van der Waals surface area contributed by atoms with Gasteiger partial charge in [0.15, 0.2) is 0 Å². The number of nitrogens with zero attached hydrogens (tertiary/aromatic N) is 1. The molecule has 0 spiro atoms. The second-order valence-electron chi connectivity index (χ2n) is 6.18. The fraction of sp³-hybridized carbons (Fsp3) is 1.00. The molecule has 2 rings (SSSR count). The lowest BCUT2D eigenvalue weighted by molar-refractivity contribution is 0.160. The van der Waals surface area contributed by atoms with E-state index < -0.39 is 0 Å². The molecule has 0 aromatic carbocycles. The number of hydrogen-bond acceptors (Lipinski definition) is 2. The van der Waals surface area contributed by atoms with Crippen molar-refractivity contribution in [1.29, 1.82) is 0 Å². The first-order valence-corrected chi connectivity index (χ1v) is 7.72. The minimum absolute atomic E-state index is 0.740. The van der Waals surface area contributed by atoms with E-state index in [1.807, 2.05) is 0 Å². The van der Waals surface area contributed by atoms with Crippen LogP contribution >= 0.6 is 0 Å². The average Bonchev–Trinajstić information content (AvgIpc) is 3.14. The predicted octanol–water partition coefficient (Wildman–Crippen LogP) is 3.17. The van der Waals surface area contributed by atoms with Crippen LogP contribution in [-0.4, -0.2) is 36.6 Å². The van der Waals surface area contributed by atoms with Crippen molar-refractivity contribution in [3.8, 4) is 0 Å². The summed E-state index contributed by atoms with van der Waals surface area (Å²) in [6, 6.07) is 2.46. The highest BCUT2D eigenvalue weighted by atomic mass is 15.2. The van der Waals surface area contributed by atoms with Crippen molar-refractivity contribution >= 4 is 0 Å². The molecule has 0 heterocycles. The van der Waals surface area contributed by atoms with Gasteiger partial charge in [-0.3, -0.25) is 0 Å². The summed E-state index contributed by atoms with van der Waals surface area (Å²) in [4.78, 5) is 2.65. The first-order valence-electron chi connectivity index (χ1n) is 7.72. The lowest BCUT2D eigenvalue weighted by Crippen LogP contribution is -2.40. The third-order valence-corrected chi connectivity index (χ3v) is 4.67. The number of nitrogens with one attached hydrogen (secondary N) is 1. The fourth-order valence-electron chi connectivity index (χ4n) is 3.01. The maximum Gasteiger partial charge on any atom is 0.00950 e. The molecule has 1 unspecified atom stereocenters. The van der Waals surface area contributed by atoms with E-state index >= 15 is 0 Å². The minimum Gasteiger partial charge on any atom is -0.314 e. The third-order valence-electron chi connectivity index (χ3n) is 4.67. The summed E-state index contributed by atoms with van der Waals surface area (Å²) in [5.74, 6) is 0. The van der Waals surface area contributed by atoms with Crippen LogP contribution in [0.3, 0.4) is 0 Å². The quantitative estimate of drug-likeness (QED) is 0.715. The molecule has 2 aliphatic rings. The van der Waals surface area contributed by atoms with E-state index in [2.05, 4.69) is 24.2 Å². The molecule has 2 nitrogen and oxygen atoms in total. The Morgan fingerprint density at radius 1 is 1.06 bits per heavy atom. The van der Waals surface area contributed by atoms with E-state index in [1.165, 1.54) is 64.3 Å². The Morgan fingerprint density at radius 3 is 2.29 bits per heavy atom. The lowest BCUT2D eigenvalue weighted by Gasteiger charge is -2.32. The monoisotopic (exact) mass is 238 g/mol. The molecule has 0 amide bonds. The highest BCUT2D eigenvalue weighted by molar-refractivity contribution is 4.82. The molecular formula is C15H30N2. The molecule has 1 N–H and O–H groups in total. The molecule has 2 aliphatic carbocycles. The summed E-state index contributed by atoms with van der Waals surface area (Å²) < 4.78 is 0. The summed E-state index contributed by atoms with van der Waals surface area (Å²) in [6.45, 7) is 3.61. The van der Waals surface area contributed by atoms with Crippen molar-refractivity contribution < 1.29 is 0 Å². The highest BCUT2D eigenvalue weighted by Crippen LogP contribution is 2.23. The number of hydrogen-bond donors (Lipinski definition) is 1. The van der Waals surface area contributed by atoms with Crippen LogP contribution in [0.2, 0.25) is 0 Å². The van der Waals surface area contributed by atoms with Crippen LogP contribution in [0.5, 0.6) is 0 Å². The van der Waals surface area contributed by atoms with Gasteiger partial charge in [-0.05, 0) is 52.6 Å².